The highest BCUT2D eigenvalue weighted by atomic mass is 35.5. The summed E-state index contributed by atoms with van der Waals surface area (Å²) in [6.45, 7) is 6.64. The fourth-order valence-electron chi connectivity index (χ4n) is 5.26. The van der Waals surface area contributed by atoms with Crippen LogP contribution in [-0.2, 0) is 13.0 Å². The predicted molar refractivity (Wildman–Crippen MR) is 162 cm³/mol. The van der Waals surface area contributed by atoms with Gasteiger partial charge in [-0.1, -0.05) is 67.3 Å². The van der Waals surface area contributed by atoms with Gasteiger partial charge in [0, 0.05) is 22.1 Å². The lowest BCUT2D eigenvalue weighted by Gasteiger charge is -2.22. The van der Waals surface area contributed by atoms with Gasteiger partial charge in [-0.3, -0.25) is 4.79 Å². The number of rotatable bonds is 10. The summed E-state index contributed by atoms with van der Waals surface area (Å²) in [6, 6.07) is 19.0. The minimum Gasteiger partial charge on any atom is -0.490 e. The van der Waals surface area contributed by atoms with E-state index in [2.05, 4.69) is 6.58 Å². The Kier molecular flexibility index (Phi) is 8.97. The summed E-state index contributed by atoms with van der Waals surface area (Å²) >= 11 is 6.36. The summed E-state index contributed by atoms with van der Waals surface area (Å²) in [5.74, 6) is 2.19. The number of para-hydroxylation sites is 1. The lowest BCUT2D eigenvalue weighted by atomic mass is 9.88. The van der Waals surface area contributed by atoms with Crippen LogP contribution >= 0.6 is 11.6 Å². The van der Waals surface area contributed by atoms with E-state index in [1.54, 1.807) is 6.21 Å². The highest BCUT2D eigenvalue weighted by molar-refractivity contribution is 6.31. The Bertz CT molecular complexity index is 1590. The fourth-order valence-corrected chi connectivity index (χ4v) is 5.45. The summed E-state index contributed by atoms with van der Waals surface area (Å²) < 4.78 is 13.8. The van der Waals surface area contributed by atoms with Crippen LogP contribution in [0, 0.1) is 0 Å². The molecule has 0 saturated heterocycles. The molecule has 1 aromatic heterocycles. The number of benzene rings is 3. The molecule has 1 heterocycles. The van der Waals surface area contributed by atoms with Gasteiger partial charge in [-0.05, 0) is 62.1 Å². The smallest absolute Gasteiger partial charge is 0.282 e. The first-order chi connectivity index (χ1) is 19.6. The van der Waals surface area contributed by atoms with Gasteiger partial charge >= 0.3 is 0 Å². The maximum Gasteiger partial charge on any atom is 0.282 e. The molecule has 5 rings (SSSR count). The number of halogens is 1. The highest BCUT2D eigenvalue weighted by Gasteiger charge is 2.22. The Morgan fingerprint density at radius 3 is 2.60 bits per heavy atom. The largest absolute Gasteiger partial charge is 0.490 e. The van der Waals surface area contributed by atoms with Crippen molar-refractivity contribution in [3.8, 4) is 11.5 Å². The van der Waals surface area contributed by atoms with Gasteiger partial charge in [0.2, 0.25) is 0 Å². The van der Waals surface area contributed by atoms with Crippen LogP contribution in [0.15, 0.2) is 83.2 Å². The Balaban J connectivity index is 1.54. The highest BCUT2D eigenvalue weighted by Crippen LogP contribution is 2.35. The Labute approximate surface area is 239 Å². The summed E-state index contributed by atoms with van der Waals surface area (Å²) in [5.41, 5.74) is 3.15. The second-order valence-electron chi connectivity index (χ2n) is 10.00. The average Bonchev–Trinajstić information content (AvgIpc) is 2.98. The van der Waals surface area contributed by atoms with Crippen LogP contribution in [0.1, 0.15) is 67.5 Å². The number of aromatic nitrogens is 2. The van der Waals surface area contributed by atoms with Gasteiger partial charge in [0.05, 0.1) is 23.7 Å². The zero-order valence-electron chi connectivity index (χ0n) is 22.8. The van der Waals surface area contributed by atoms with E-state index in [0.29, 0.717) is 47.1 Å². The van der Waals surface area contributed by atoms with Crippen LogP contribution in [0.2, 0.25) is 5.02 Å². The normalized spacial score (nSPS) is 14.1. The minimum absolute atomic E-state index is 0.154. The molecule has 3 aromatic carbocycles. The molecular formula is C33H34ClN3O3. The zero-order chi connectivity index (χ0) is 27.9. The van der Waals surface area contributed by atoms with Crippen molar-refractivity contribution in [2.24, 2.45) is 5.10 Å². The van der Waals surface area contributed by atoms with E-state index in [9.17, 15) is 4.79 Å². The van der Waals surface area contributed by atoms with Gasteiger partial charge in [-0.2, -0.15) is 9.78 Å². The third-order valence-corrected chi connectivity index (χ3v) is 7.59. The first kappa shape index (κ1) is 27.7. The predicted octanol–water partition coefficient (Wildman–Crippen LogP) is 7.69. The topological polar surface area (TPSA) is 65.7 Å². The number of allylic oxidation sites excluding steroid dienone is 1. The van der Waals surface area contributed by atoms with Crippen molar-refractivity contribution < 1.29 is 9.47 Å². The number of nitrogens with zero attached hydrogens (tertiary/aromatic N) is 3. The molecule has 1 aliphatic rings. The van der Waals surface area contributed by atoms with Crippen LogP contribution in [0.3, 0.4) is 0 Å². The SMILES string of the molecule is C=CCc1cc(C=Nn2c(C3CCCCC3)nc3ccccc3c2=O)cc(OCC)c1OCc1ccccc1Cl. The molecule has 0 spiro atoms. The Morgan fingerprint density at radius 2 is 1.82 bits per heavy atom. The first-order valence-corrected chi connectivity index (χ1v) is 14.3. The van der Waals surface area contributed by atoms with Gasteiger partial charge in [0.1, 0.15) is 12.4 Å². The van der Waals surface area contributed by atoms with Crippen molar-refractivity contribution >= 4 is 28.7 Å². The molecule has 0 amide bonds. The Hall–Kier alpha value is -3.90. The molecule has 7 heteroatoms. The zero-order valence-corrected chi connectivity index (χ0v) is 23.6. The lowest BCUT2D eigenvalue weighted by Crippen LogP contribution is -2.25. The molecule has 0 atom stereocenters. The third-order valence-electron chi connectivity index (χ3n) is 7.22. The molecule has 0 N–H and O–H groups in total. The van der Waals surface area contributed by atoms with Crippen molar-refractivity contribution in [3.63, 3.8) is 0 Å². The van der Waals surface area contributed by atoms with Gasteiger partial charge in [-0.15, -0.1) is 6.58 Å². The Morgan fingerprint density at radius 1 is 1.05 bits per heavy atom. The maximum absolute atomic E-state index is 13.6. The van der Waals surface area contributed by atoms with Gasteiger partial charge < -0.3 is 9.47 Å². The average molecular weight is 556 g/mol. The van der Waals surface area contributed by atoms with Crippen molar-refractivity contribution in [2.75, 3.05) is 6.61 Å². The summed E-state index contributed by atoms with van der Waals surface area (Å²) in [7, 11) is 0. The van der Waals surface area contributed by atoms with Crippen molar-refractivity contribution in [3.05, 3.63) is 111 Å². The van der Waals surface area contributed by atoms with E-state index in [-0.39, 0.29) is 11.5 Å². The van der Waals surface area contributed by atoms with Crippen LogP contribution in [0.25, 0.3) is 10.9 Å². The number of ether oxygens (including phenoxy) is 2. The van der Waals surface area contributed by atoms with E-state index in [1.807, 2.05) is 73.7 Å². The summed E-state index contributed by atoms with van der Waals surface area (Å²) in [4.78, 5) is 18.5. The monoisotopic (exact) mass is 555 g/mol. The van der Waals surface area contributed by atoms with Crippen LogP contribution in [0.5, 0.6) is 11.5 Å². The summed E-state index contributed by atoms with van der Waals surface area (Å²) in [5, 5.41) is 5.93. The first-order valence-electron chi connectivity index (χ1n) is 13.9. The second kappa shape index (κ2) is 13.0. The van der Waals surface area contributed by atoms with Crippen LogP contribution < -0.4 is 15.0 Å². The minimum atomic E-state index is -0.154. The van der Waals surface area contributed by atoms with E-state index in [0.717, 1.165) is 48.2 Å². The number of hydrogen-bond donors (Lipinski definition) is 0. The van der Waals surface area contributed by atoms with E-state index < -0.39 is 0 Å². The molecule has 1 aliphatic carbocycles. The molecule has 0 radical (unpaired) electrons. The number of hydrogen-bond acceptors (Lipinski definition) is 5. The summed E-state index contributed by atoms with van der Waals surface area (Å²) in [6.07, 6.45) is 9.61. The van der Waals surface area contributed by atoms with Gasteiger partial charge in [0.25, 0.3) is 5.56 Å². The van der Waals surface area contributed by atoms with Crippen LogP contribution in [-0.4, -0.2) is 22.5 Å². The molecule has 0 unspecified atom stereocenters. The molecule has 40 heavy (non-hydrogen) atoms. The molecule has 206 valence electrons. The lowest BCUT2D eigenvalue weighted by molar-refractivity contribution is 0.267. The van der Waals surface area contributed by atoms with Gasteiger partial charge in [-0.25, -0.2) is 4.98 Å². The van der Waals surface area contributed by atoms with E-state index in [1.165, 1.54) is 11.1 Å². The molecule has 1 saturated carbocycles. The van der Waals surface area contributed by atoms with Crippen molar-refractivity contribution in [1.82, 2.24) is 9.66 Å². The maximum atomic E-state index is 13.6. The van der Waals surface area contributed by atoms with E-state index >= 15 is 0 Å². The molecular weight excluding hydrogens is 522 g/mol. The van der Waals surface area contributed by atoms with Crippen molar-refractivity contribution in [1.29, 1.82) is 0 Å². The molecule has 4 aromatic rings. The third kappa shape index (κ3) is 6.13. The van der Waals surface area contributed by atoms with Crippen molar-refractivity contribution in [2.45, 2.75) is 58.0 Å². The second-order valence-corrected chi connectivity index (χ2v) is 10.4. The van der Waals surface area contributed by atoms with E-state index in [4.69, 9.17) is 31.2 Å². The standard InChI is InChI=1S/C33H34ClN3O3/c1-3-12-25-19-23(20-30(39-4-2)31(25)40-22-26-15-8-10-17-28(26)34)21-35-37-32(24-13-6-5-7-14-24)36-29-18-11-9-16-27(29)33(37)38/h3,8-11,15-21,24H,1,4-7,12-14,22H2,2H3. The molecule has 6 nitrogen and oxygen atoms in total. The van der Waals surface area contributed by atoms with Crippen LogP contribution in [0.4, 0.5) is 0 Å². The van der Waals surface area contributed by atoms with Gasteiger partial charge in [0.15, 0.2) is 11.5 Å². The molecule has 0 bridgehead atoms. The molecule has 1 fully saturated rings. The number of fused-ring (bicyclic) bond motifs is 1. The fraction of sp³-hybridized carbons (Fsp3) is 0.303. The quantitative estimate of drug-likeness (QED) is 0.149. The molecule has 0 aliphatic heterocycles.